The molecule has 0 bridgehead atoms. The SMILES string of the molecule is COc1ccc(C(O)Cc2c(Cl)cccc2Cl)nn1. The number of halogens is 2. The highest BCUT2D eigenvalue weighted by Crippen LogP contribution is 2.28. The summed E-state index contributed by atoms with van der Waals surface area (Å²) in [5, 5.41) is 18.9. The lowest BCUT2D eigenvalue weighted by Gasteiger charge is -2.12. The summed E-state index contributed by atoms with van der Waals surface area (Å²) >= 11 is 12.1. The Morgan fingerprint density at radius 2 is 1.84 bits per heavy atom. The van der Waals surface area contributed by atoms with E-state index in [9.17, 15) is 5.11 Å². The summed E-state index contributed by atoms with van der Waals surface area (Å²) in [5.74, 6) is 0.395. The normalized spacial score (nSPS) is 12.2. The lowest BCUT2D eigenvalue weighted by atomic mass is 10.1. The maximum absolute atomic E-state index is 10.1. The number of methoxy groups -OCH3 is 1. The topological polar surface area (TPSA) is 55.2 Å². The molecule has 4 nitrogen and oxygen atoms in total. The predicted octanol–water partition coefficient (Wildman–Crippen LogP) is 3.07. The van der Waals surface area contributed by atoms with Crippen LogP contribution in [0.1, 0.15) is 17.4 Å². The number of nitrogens with zero attached hydrogens (tertiary/aromatic N) is 2. The molecule has 1 heterocycles. The van der Waals surface area contributed by atoms with Gasteiger partial charge in [0.15, 0.2) is 0 Å². The van der Waals surface area contributed by atoms with Gasteiger partial charge in [-0.2, -0.15) is 0 Å². The molecular weight excluding hydrogens is 287 g/mol. The first-order valence-electron chi connectivity index (χ1n) is 5.60. The first-order valence-corrected chi connectivity index (χ1v) is 6.36. The van der Waals surface area contributed by atoms with E-state index < -0.39 is 6.10 Å². The molecule has 0 aliphatic rings. The maximum atomic E-state index is 10.1. The molecule has 2 rings (SSSR count). The van der Waals surface area contributed by atoms with Gasteiger partial charge in [-0.1, -0.05) is 29.3 Å². The average Bonchev–Trinajstić information content (AvgIpc) is 2.43. The lowest BCUT2D eigenvalue weighted by Crippen LogP contribution is -2.06. The minimum absolute atomic E-state index is 0.277. The molecule has 0 saturated carbocycles. The smallest absolute Gasteiger partial charge is 0.233 e. The van der Waals surface area contributed by atoms with Crippen molar-refractivity contribution in [3.05, 3.63) is 51.6 Å². The Labute approximate surface area is 121 Å². The highest BCUT2D eigenvalue weighted by atomic mass is 35.5. The number of hydrogen-bond acceptors (Lipinski definition) is 4. The van der Waals surface area contributed by atoms with Crippen LogP contribution >= 0.6 is 23.2 Å². The molecule has 0 fully saturated rings. The average molecular weight is 299 g/mol. The summed E-state index contributed by atoms with van der Waals surface area (Å²) in [5.41, 5.74) is 1.13. The second kappa shape index (κ2) is 6.19. The van der Waals surface area contributed by atoms with Crippen molar-refractivity contribution in [3.8, 4) is 5.88 Å². The molecule has 1 atom stereocenters. The van der Waals surface area contributed by atoms with E-state index in [1.54, 1.807) is 30.3 Å². The number of benzene rings is 1. The summed E-state index contributed by atoms with van der Waals surface area (Å²) in [6, 6.07) is 8.51. The molecule has 1 N–H and O–H groups in total. The van der Waals surface area contributed by atoms with Crippen LogP contribution in [0, 0.1) is 0 Å². The fourth-order valence-corrected chi connectivity index (χ4v) is 2.19. The van der Waals surface area contributed by atoms with Crippen LogP contribution in [0.25, 0.3) is 0 Å². The minimum Gasteiger partial charge on any atom is -0.480 e. The van der Waals surface area contributed by atoms with Crippen LogP contribution in [0.15, 0.2) is 30.3 Å². The van der Waals surface area contributed by atoms with Gasteiger partial charge >= 0.3 is 0 Å². The molecule has 100 valence electrons. The van der Waals surface area contributed by atoms with E-state index in [0.29, 0.717) is 27.2 Å². The van der Waals surface area contributed by atoms with Gasteiger partial charge in [-0.3, -0.25) is 0 Å². The van der Waals surface area contributed by atoms with E-state index in [-0.39, 0.29) is 6.42 Å². The molecule has 6 heteroatoms. The van der Waals surface area contributed by atoms with Crippen LogP contribution in [0.5, 0.6) is 5.88 Å². The van der Waals surface area contributed by atoms with Gasteiger partial charge in [-0.25, -0.2) is 0 Å². The van der Waals surface area contributed by atoms with Gasteiger partial charge in [0, 0.05) is 22.5 Å². The molecule has 19 heavy (non-hydrogen) atoms. The molecule has 0 spiro atoms. The molecular formula is C13H12Cl2N2O2. The van der Waals surface area contributed by atoms with E-state index in [2.05, 4.69) is 10.2 Å². The largest absolute Gasteiger partial charge is 0.480 e. The number of aliphatic hydroxyl groups excluding tert-OH is 1. The number of hydrogen-bond donors (Lipinski definition) is 1. The fourth-order valence-electron chi connectivity index (χ4n) is 1.64. The standard InChI is InChI=1S/C13H12Cl2N2O2/c1-19-13-6-5-11(16-17-13)12(18)7-8-9(14)3-2-4-10(8)15/h2-6,12,18H,7H2,1H3. The van der Waals surface area contributed by atoms with Gasteiger partial charge in [-0.05, 0) is 23.8 Å². The van der Waals surface area contributed by atoms with E-state index in [4.69, 9.17) is 27.9 Å². The molecule has 0 amide bonds. The molecule has 2 aromatic rings. The van der Waals surface area contributed by atoms with E-state index in [1.807, 2.05) is 0 Å². The third-order valence-electron chi connectivity index (χ3n) is 2.67. The first kappa shape index (κ1) is 14.1. The van der Waals surface area contributed by atoms with Crippen LogP contribution < -0.4 is 4.74 Å². The van der Waals surface area contributed by atoms with Crippen molar-refractivity contribution in [1.29, 1.82) is 0 Å². The Bertz CT molecular complexity index is 541. The molecule has 1 aromatic carbocycles. The van der Waals surface area contributed by atoms with Gasteiger partial charge in [0.05, 0.1) is 12.8 Å². The lowest BCUT2D eigenvalue weighted by molar-refractivity contribution is 0.172. The molecule has 0 aliphatic heterocycles. The van der Waals surface area contributed by atoms with Gasteiger partial charge in [0.2, 0.25) is 5.88 Å². The van der Waals surface area contributed by atoms with Crippen molar-refractivity contribution in [3.63, 3.8) is 0 Å². The predicted molar refractivity (Wildman–Crippen MR) is 73.7 cm³/mol. The molecule has 0 aliphatic carbocycles. The molecule has 0 radical (unpaired) electrons. The Morgan fingerprint density at radius 3 is 2.37 bits per heavy atom. The Hall–Kier alpha value is -1.36. The zero-order chi connectivity index (χ0) is 13.8. The second-order valence-corrected chi connectivity index (χ2v) is 4.74. The number of rotatable bonds is 4. The van der Waals surface area contributed by atoms with E-state index in [1.165, 1.54) is 7.11 Å². The third kappa shape index (κ3) is 3.35. The molecule has 0 saturated heterocycles. The first-order chi connectivity index (χ1) is 9.11. The summed E-state index contributed by atoms with van der Waals surface area (Å²) < 4.78 is 4.91. The van der Waals surface area contributed by atoms with Crippen molar-refractivity contribution >= 4 is 23.2 Å². The molecule has 1 aromatic heterocycles. The van der Waals surface area contributed by atoms with Gasteiger partial charge in [-0.15, -0.1) is 10.2 Å². The summed E-state index contributed by atoms with van der Waals surface area (Å²) in [6.07, 6.45) is -0.546. The number of aliphatic hydroxyl groups is 1. The number of aromatic nitrogens is 2. The maximum Gasteiger partial charge on any atom is 0.233 e. The van der Waals surface area contributed by atoms with Crippen LogP contribution in [-0.2, 0) is 6.42 Å². The van der Waals surface area contributed by atoms with Crippen molar-refractivity contribution in [1.82, 2.24) is 10.2 Å². The Kier molecular flexibility index (Phi) is 4.58. The summed E-state index contributed by atoms with van der Waals surface area (Å²) in [7, 11) is 1.50. The minimum atomic E-state index is -0.823. The van der Waals surface area contributed by atoms with Gasteiger partial charge in [0.25, 0.3) is 0 Å². The van der Waals surface area contributed by atoms with Gasteiger partial charge in [0.1, 0.15) is 6.10 Å². The number of ether oxygens (including phenoxy) is 1. The van der Waals surface area contributed by atoms with Crippen LogP contribution in [-0.4, -0.2) is 22.4 Å². The monoisotopic (exact) mass is 298 g/mol. The second-order valence-electron chi connectivity index (χ2n) is 3.92. The zero-order valence-corrected chi connectivity index (χ0v) is 11.7. The zero-order valence-electron chi connectivity index (χ0n) is 10.2. The van der Waals surface area contributed by atoms with Crippen LogP contribution in [0.4, 0.5) is 0 Å². The molecule has 1 unspecified atom stereocenters. The fraction of sp³-hybridized carbons (Fsp3) is 0.231. The summed E-state index contributed by atoms with van der Waals surface area (Å²) in [6.45, 7) is 0. The van der Waals surface area contributed by atoms with Crippen LogP contribution in [0.2, 0.25) is 10.0 Å². The summed E-state index contributed by atoms with van der Waals surface area (Å²) in [4.78, 5) is 0. The van der Waals surface area contributed by atoms with Crippen molar-refractivity contribution in [2.24, 2.45) is 0 Å². The van der Waals surface area contributed by atoms with Crippen molar-refractivity contribution in [2.75, 3.05) is 7.11 Å². The van der Waals surface area contributed by atoms with Crippen molar-refractivity contribution in [2.45, 2.75) is 12.5 Å². The van der Waals surface area contributed by atoms with E-state index >= 15 is 0 Å². The van der Waals surface area contributed by atoms with Gasteiger partial charge < -0.3 is 9.84 Å². The van der Waals surface area contributed by atoms with E-state index in [0.717, 1.165) is 0 Å². The van der Waals surface area contributed by atoms with Crippen LogP contribution in [0.3, 0.4) is 0 Å². The Morgan fingerprint density at radius 1 is 1.16 bits per heavy atom. The highest BCUT2D eigenvalue weighted by molar-refractivity contribution is 6.35. The van der Waals surface area contributed by atoms with Crippen molar-refractivity contribution < 1.29 is 9.84 Å². The highest BCUT2D eigenvalue weighted by Gasteiger charge is 2.15. The third-order valence-corrected chi connectivity index (χ3v) is 3.38. The Balaban J connectivity index is 2.18. The quantitative estimate of drug-likeness (QED) is 0.942.